The normalized spacial score (nSPS) is 11.4. The predicted octanol–water partition coefficient (Wildman–Crippen LogP) is 4.96. The lowest BCUT2D eigenvalue weighted by Gasteiger charge is -2.27. The van der Waals surface area contributed by atoms with Crippen molar-refractivity contribution in [3.8, 4) is 17.6 Å². The predicted molar refractivity (Wildman–Crippen MR) is 112 cm³/mol. The van der Waals surface area contributed by atoms with Crippen molar-refractivity contribution in [2.75, 3.05) is 13.7 Å². The van der Waals surface area contributed by atoms with E-state index < -0.39 is 0 Å². The van der Waals surface area contributed by atoms with Crippen molar-refractivity contribution in [3.05, 3.63) is 83.3 Å². The van der Waals surface area contributed by atoms with Gasteiger partial charge in [-0.1, -0.05) is 12.1 Å². The van der Waals surface area contributed by atoms with Crippen LogP contribution < -0.4 is 9.47 Å². The zero-order chi connectivity index (χ0) is 21.5. The van der Waals surface area contributed by atoms with Crippen LogP contribution >= 0.6 is 0 Å². The number of ether oxygens (including phenoxy) is 2. The summed E-state index contributed by atoms with van der Waals surface area (Å²) >= 11 is 0. The zero-order valence-corrected chi connectivity index (χ0v) is 17.3. The number of carbonyl (C=O) groups is 1. The van der Waals surface area contributed by atoms with Gasteiger partial charge in [-0.05, 0) is 67.9 Å². The van der Waals surface area contributed by atoms with Gasteiger partial charge in [-0.2, -0.15) is 5.26 Å². The molecular formula is C24H24N2O4. The molecule has 6 heteroatoms. The maximum Gasteiger partial charge on any atom is 0.290 e. The van der Waals surface area contributed by atoms with Gasteiger partial charge in [0.05, 0.1) is 24.8 Å². The molecule has 0 saturated heterocycles. The van der Waals surface area contributed by atoms with Crippen molar-refractivity contribution in [1.82, 2.24) is 4.90 Å². The second-order valence-electron chi connectivity index (χ2n) is 6.73. The number of nitrogens with zero attached hydrogens (tertiary/aromatic N) is 2. The van der Waals surface area contributed by atoms with E-state index in [9.17, 15) is 4.79 Å². The fourth-order valence-electron chi connectivity index (χ4n) is 3.17. The first-order chi connectivity index (χ1) is 14.5. The van der Waals surface area contributed by atoms with E-state index in [0.717, 1.165) is 11.3 Å². The minimum Gasteiger partial charge on any atom is -0.497 e. The molecule has 154 valence electrons. The Balaban J connectivity index is 1.67. The molecule has 1 atom stereocenters. The summed E-state index contributed by atoms with van der Waals surface area (Å²) in [6.45, 7) is 4.65. The maximum atomic E-state index is 13.0. The molecular weight excluding hydrogens is 380 g/mol. The number of nitriles is 1. The van der Waals surface area contributed by atoms with Crippen LogP contribution in [0.2, 0.25) is 0 Å². The number of amides is 1. The van der Waals surface area contributed by atoms with Crippen molar-refractivity contribution in [2.45, 2.75) is 26.5 Å². The first kappa shape index (κ1) is 21.0. The lowest BCUT2D eigenvalue weighted by Crippen LogP contribution is -2.33. The highest BCUT2D eigenvalue weighted by Crippen LogP contribution is 2.26. The Hall–Kier alpha value is -3.72. The highest BCUT2D eigenvalue weighted by Gasteiger charge is 2.24. The molecule has 0 aliphatic rings. The van der Waals surface area contributed by atoms with Crippen molar-refractivity contribution >= 4 is 5.91 Å². The summed E-state index contributed by atoms with van der Waals surface area (Å²) in [5.74, 6) is 2.01. The number of hydrogen-bond donors (Lipinski definition) is 0. The van der Waals surface area contributed by atoms with Gasteiger partial charge in [-0.3, -0.25) is 4.79 Å². The number of carbonyl (C=O) groups excluding carboxylic acids is 1. The zero-order valence-electron chi connectivity index (χ0n) is 17.3. The van der Waals surface area contributed by atoms with E-state index in [0.29, 0.717) is 23.6 Å². The minimum atomic E-state index is -0.183. The Bertz CT molecular complexity index is 1030. The van der Waals surface area contributed by atoms with Gasteiger partial charge in [-0.15, -0.1) is 0 Å². The highest BCUT2D eigenvalue weighted by molar-refractivity contribution is 5.91. The molecule has 0 bridgehead atoms. The van der Waals surface area contributed by atoms with Gasteiger partial charge < -0.3 is 18.8 Å². The smallest absolute Gasteiger partial charge is 0.290 e. The third-order valence-electron chi connectivity index (χ3n) is 4.88. The van der Waals surface area contributed by atoms with Crippen molar-refractivity contribution in [1.29, 1.82) is 5.26 Å². The third kappa shape index (κ3) is 4.81. The fourth-order valence-corrected chi connectivity index (χ4v) is 3.17. The summed E-state index contributed by atoms with van der Waals surface area (Å²) in [4.78, 5) is 14.8. The van der Waals surface area contributed by atoms with Crippen LogP contribution in [0.25, 0.3) is 0 Å². The van der Waals surface area contributed by atoms with Crippen LogP contribution in [-0.2, 0) is 6.61 Å². The Morgan fingerprint density at radius 3 is 2.57 bits per heavy atom. The first-order valence-corrected chi connectivity index (χ1v) is 9.72. The van der Waals surface area contributed by atoms with Gasteiger partial charge in [0.15, 0.2) is 5.76 Å². The van der Waals surface area contributed by atoms with E-state index in [1.165, 1.54) is 0 Å². The quantitative estimate of drug-likeness (QED) is 0.530. The van der Waals surface area contributed by atoms with Gasteiger partial charge in [0.1, 0.15) is 23.9 Å². The second-order valence-corrected chi connectivity index (χ2v) is 6.73. The molecule has 6 nitrogen and oxygen atoms in total. The number of methoxy groups -OCH3 is 1. The molecule has 1 amide bonds. The average molecular weight is 404 g/mol. The molecule has 0 saturated carbocycles. The van der Waals surface area contributed by atoms with Crippen molar-refractivity contribution in [3.63, 3.8) is 0 Å². The van der Waals surface area contributed by atoms with Gasteiger partial charge in [0, 0.05) is 6.54 Å². The minimum absolute atomic E-state index is 0.138. The van der Waals surface area contributed by atoms with E-state index in [4.69, 9.17) is 19.2 Å². The van der Waals surface area contributed by atoms with Crippen molar-refractivity contribution < 1.29 is 18.7 Å². The van der Waals surface area contributed by atoms with Gasteiger partial charge in [-0.25, -0.2) is 0 Å². The van der Waals surface area contributed by atoms with Crippen LogP contribution in [0.15, 0.2) is 65.1 Å². The molecule has 1 heterocycles. The SMILES string of the molecule is CCN(C(=O)c1ccc(COc2ccc(C#N)cc2)o1)C(C)c1cccc(OC)c1. The summed E-state index contributed by atoms with van der Waals surface area (Å²) < 4.78 is 16.7. The maximum absolute atomic E-state index is 13.0. The number of hydrogen-bond acceptors (Lipinski definition) is 5. The summed E-state index contributed by atoms with van der Waals surface area (Å²) in [5.41, 5.74) is 1.55. The number of furan rings is 1. The fraction of sp³-hybridized carbons (Fsp3) is 0.250. The number of benzene rings is 2. The molecule has 3 rings (SSSR count). The van der Waals surface area contributed by atoms with E-state index >= 15 is 0 Å². The molecule has 0 fully saturated rings. The van der Waals surface area contributed by atoms with Crippen LogP contribution in [0.3, 0.4) is 0 Å². The molecule has 0 N–H and O–H groups in total. The number of rotatable bonds is 8. The molecule has 0 spiro atoms. The van der Waals surface area contributed by atoms with E-state index in [-0.39, 0.29) is 24.3 Å². The van der Waals surface area contributed by atoms with Crippen LogP contribution in [0.4, 0.5) is 0 Å². The van der Waals surface area contributed by atoms with Crippen LogP contribution in [-0.4, -0.2) is 24.5 Å². The van der Waals surface area contributed by atoms with Gasteiger partial charge >= 0.3 is 0 Å². The molecule has 1 aromatic heterocycles. The summed E-state index contributed by atoms with van der Waals surface area (Å²) in [7, 11) is 1.62. The molecule has 3 aromatic rings. The summed E-state index contributed by atoms with van der Waals surface area (Å²) in [6.07, 6.45) is 0. The summed E-state index contributed by atoms with van der Waals surface area (Å²) in [6, 6.07) is 19.8. The Kier molecular flexibility index (Phi) is 6.76. The summed E-state index contributed by atoms with van der Waals surface area (Å²) in [5, 5.41) is 8.85. The highest BCUT2D eigenvalue weighted by atomic mass is 16.5. The molecule has 2 aromatic carbocycles. The lowest BCUT2D eigenvalue weighted by atomic mass is 10.1. The van der Waals surface area contributed by atoms with Crippen LogP contribution in [0, 0.1) is 11.3 Å². The van der Waals surface area contributed by atoms with E-state index in [1.807, 2.05) is 38.1 Å². The monoisotopic (exact) mass is 404 g/mol. The van der Waals surface area contributed by atoms with E-state index in [1.54, 1.807) is 48.4 Å². The van der Waals surface area contributed by atoms with Crippen LogP contribution in [0.1, 0.15) is 47.3 Å². The first-order valence-electron chi connectivity index (χ1n) is 9.72. The lowest BCUT2D eigenvalue weighted by molar-refractivity contribution is 0.0665. The van der Waals surface area contributed by atoms with E-state index in [2.05, 4.69) is 6.07 Å². The molecule has 0 radical (unpaired) electrons. The average Bonchev–Trinajstić information content (AvgIpc) is 3.27. The standard InChI is InChI=1S/C24H24N2O4/c1-4-26(17(2)19-6-5-7-21(14-19)28-3)24(27)23-13-12-22(30-23)16-29-20-10-8-18(15-25)9-11-20/h5-14,17H,4,16H2,1-3H3. The molecule has 0 aliphatic carbocycles. The van der Waals surface area contributed by atoms with Crippen molar-refractivity contribution in [2.24, 2.45) is 0 Å². The molecule has 0 aliphatic heterocycles. The third-order valence-corrected chi connectivity index (χ3v) is 4.88. The Morgan fingerprint density at radius 1 is 1.13 bits per heavy atom. The second kappa shape index (κ2) is 9.66. The molecule has 30 heavy (non-hydrogen) atoms. The largest absolute Gasteiger partial charge is 0.497 e. The van der Waals surface area contributed by atoms with Crippen LogP contribution in [0.5, 0.6) is 11.5 Å². The molecule has 1 unspecified atom stereocenters. The Morgan fingerprint density at radius 2 is 1.90 bits per heavy atom. The van der Waals surface area contributed by atoms with Gasteiger partial charge in [0.2, 0.25) is 0 Å². The Labute approximate surface area is 176 Å². The van der Waals surface area contributed by atoms with Gasteiger partial charge in [0.25, 0.3) is 5.91 Å². The topological polar surface area (TPSA) is 75.7 Å².